The zero-order valence-electron chi connectivity index (χ0n) is 40.1. The summed E-state index contributed by atoms with van der Waals surface area (Å²) in [6.07, 6.45) is 26.3. The van der Waals surface area contributed by atoms with Crippen molar-refractivity contribution in [2.75, 3.05) is 9.80 Å². The van der Waals surface area contributed by atoms with Gasteiger partial charge in [-0.05, 0) is 172 Å². The molecule has 3 aliphatic carbocycles. The maximum atomic E-state index is 7.08. The van der Waals surface area contributed by atoms with E-state index in [0.717, 1.165) is 82.3 Å². The molecule has 0 spiro atoms. The lowest BCUT2D eigenvalue weighted by Gasteiger charge is -2.35. The Morgan fingerprint density at radius 2 is 1.51 bits per heavy atom. The standard InChI is InChI=1S/C63H58N2O2/c1-9-15-51-53(64(47-34-38(2)24-25-39(3)35-47)55-22-13-20-48-46-18-12-17-42(6)58(37-46)66-62(48)55)33-30-45-29-31-52-54(32-28-43(7)59(52)60(45)51)65(57-36-40(4)26-27-41(57)5)56-23-14-21-50-49-19-11-10-16-44(8)61(49)67-63(50)56/h9,12-18,20-34,36-37,58H,10-11,19,35H2,1-8H3/b15-9-. The number of fused-ring (bicyclic) bond motifs is 9. The van der Waals surface area contributed by atoms with Gasteiger partial charge < -0.3 is 19.0 Å². The molecule has 332 valence electrons. The van der Waals surface area contributed by atoms with Crippen LogP contribution < -0.4 is 14.5 Å². The maximum Gasteiger partial charge on any atom is 0.159 e. The van der Waals surface area contributed by atoms with Crippen LogP contribution in [0.25, 0.3) is 49.7 Å². The summed E-state index contributed by atoms with van der Waals surface area (Å²) in [5.41, 5.74) is 20.9. The summed E-state index contributed by atoms with van der Waals surface area (Å²) in [5.74, 6) is 1.93. The molecule has 7 aromatic rings. The van der Waals surface area contributed by atoms with Crippen molar-refractivity contribution in [3.63, 3.8) is 0 Å². The predicted octanol–water partition coefficient (Wildman–Crippen LogP) is 17.9. The Labute approximate surface area is 395 Å². The third kappa shape index (κ3) is 7.22. The lowest BCUT2D eigenvalue weighted by Crippen LogP contribution is -2.24. The van der Waals surface area contributed by atoms with Gasteiger partial charge in [-0.2, -0.15) is 0 Å². The number of rotatable bonds is 7. The Hall–Kier alpha value is -7.30. The molecular formula is C63H58N2O2. The second-order valence-electron chi connectivity index (χ2n) is 19.1. The monoisotopic (exact) mass is 874 g/mol. The van der Waals surface area contributed by atoms with Crippen molar-refractivity contribution in [1.82, 2.24) is 0 Å². The summed E-state index contributed by atoms with van der Waals surface area (Å²) in [6.45, 7) is 17.6. The van der Waals surface area contributed by atoms with Crippen LogP contribution >= 0.6 is 0 Å². The molecule has 1 unspecified atom stereocenters. The second kappa shape index (κ2) is 16.8. The number of para-hydroxylation sites is 2. The minimum atomic E-state index is -0.147. The average molecular weight is 875 g/mol. The van der Waals surface area contributed by atoms with Crippen molar-refractivity contribution >= 4 is 78.2 Å². The van der Waals surface area contributed by atoms with Gasteiger partial charge in [0.25, 0.3) is 0 Å². The topological polar surface area (TPSA) is 28.9 Å². The van der Waals surface area contributed by atoms with Crippen molar-refractivity contribution in [1.29, 1.82) is 0 Å². The fourth-order valence-corrected chi connectivity index (χ4v) is 10.9. The molecule has 4 aliphatic rings. The van der Waals surface area contributed by atoms with Crippen LogP contribution in [-0.4, -0.2) is 6.10 Å². The summed E-state index contributed by atoms with van der Waals surface area (Å²) >= 11 is 0. The fourth-order valence-electron chi connectivity index (χ4n) is 10.9. The zero-order chi connectivity index (χ0) is 46.1. The highest BCUT2D eigenvalue weighted by Crippen LogP contribution is 2.51. The Balaban J connectivity index is 1.20. The summed E-state index contributed by atoms with van der Waals surface area (Å²) in [6, 6.07) is 34.1. The van der Waals surface area contributed by atoms with Crippen LogP contribution in [0.4, 0.5) is 28.4 Å². The minimum Gasteiger partial charge on any atom is -0.479 e. The Bertz CT molecular complexity index is 3480. The molecule has 2 heterocycles. The molecule has 1 aliphatic heterocycles. The highest BCUT2D eigenvalue weighted by atomic mass is 16.5. The molecule has 1 atom stereocenters. The van der Waals surface area contributed by atoms with Gasteiger partial charge in [-0.25, -0.2) is 0 Å². The number of ether oxygens (including phenoxy) is 1. The highest BCUT2D eigenvalue weighted by Gasteiger charge is 2.31. The minimum absolute atomic E-state index is 0.147. The van der Waals surface area contributed by atoms with E-state index >= 15 is 0 Å². The molecule has 0 fully saturated rings. The Kier molecular flexibility index (Phi) is 10.6. The van der Waals surface area contributed by atoms with Crippen molar-refractivity contribution in [3.05, 3.63) is 207 Å². The SMILES string of the molecule is C/C=C\c1c(N(C2=CC(C)=CC=C(C)C2)c2cccc3c2OC2C=C3C=CC=C2C)ccc2ccc3c(N(c4cc(C)ccc4C)c4cccc5c6c(oc45)C(C)=CCCC6)ccc(C)c3c12. The number of allylic oxidation sites excluding steroid dienone is 12. The van der Waals surface area contributed by atoms with Crippen molar-refractivity contribution in [3.8, 4) is 5.75 Å². The van der Waals surface area contributed by atoms with Crippen LogP contribution in [0.15, 0.2) is 173 Å². The van der Waals surface area contributed by atoms with Gasteiger partial charge in [-0.1, -0.05) is 115 Å². The molecule has 67 heavy (non-hydrogen) atoms. The van der Waals surface area contributed by atoms with E-state index in [4.69, 9.17) is 9.15 Å². The second-order valence-corrected chi connectivity index (χ2v) is 19.1. The van der Waals surface area contributed by atoms with Crippen LogP contribution in [0.1, 0.15) is 93.0 Å². The lowest BCUT2D eigenvalue weighted by atomic mass is 9.91. The lowest BCUT2D eigenvalue weighted by molar-refractivity contribution is 0.281. The van der Waals surface area contributed by atoms with Gasteiger partial charge in [0.15, 0.2) is 11.3 Å². The molecule has 0 saturated carbocycles. The van der Waals surface area contributed by atoms with Gasteiger partial charge in [0.05, 0.1) is 22.7 Å². The molecule has 4 nitrogen and oxygen atoms in total. The van der Waals surface area contributed by atoms with Crippen LogP contribution in [0, 0.1) is 20.8 Å². The summed E-state index contributed by atoms with van der Waals surface area (Å²) in [4.78, 5) is 4.96. The number of anilines is 5. The summed E-state index contributed by atoms with van der Waals surface area (Å²) < 4.78 is 14.1. The average Bonchev–Trinajstić information content (AvgIpc) is 3.37. The Morgan fingerprint density at radius 1 is 0.701 bits per heavy atom. The smallest absolute Gasteiger partial charge is 0.159 e. The molecular weight excluding hydrogens is 817 g/mol. The molecule has 4 heteroatoms. The molecule has 2 bridgehead atoms. The van der Waals surface area contributed by atoms with Crippen LogP contribution in [0.5, 0.6) is 5.75 Å². The molecule has 0 radical (unpaired) electrons. The van der Waals surface area contributed by atoms with E-state index in [9.17, 15) is 0 Å². The number of furan rings is 1. The number of hydrogen-bond acceptors (Lipinski definition) is 4. The van der Waals surface area contributed by atoms with E-state index in [1.165, 1.54) is 82.7 Å². The molecule has 1 aromatic heterocycles. The van der Waals surface area contributed by atoms with Crippen molar-refractivity contribution < 1.29 is 9.15 Å². The van der Waals surface area contributed by atoms with Crippen LogP contribution in [-0.2, 0) is 6.42 Å². The van der Waals surface area contributed by atoms with E-state index in [0.29, 0.717) is 0 Å². The predicted molar refractivity (Wildman–Crippen MR) is 286 cm³/mol. The van der Waals surface area contributed by atoms with Gasteiger partial charge in [0, 0.05) is 45.3 Å². The third-order valence-corrected chi connectivity index (χ3v) is 14.2. The first-order valence-electron chi connectivity index (χ1n) is 24.0. The molecule has 0 saturated heterocycles. The highest BCUT2D eigenvalue weighted by molar-refractivity contribution is 6.19. The Morgan fingerprint density at radius 3 is 2.37 bits per heavy atom. The van der Waals surface area contributed by atoms with Crippen LogP contribution in [0.2, 0.25) is 0 Å². The quantitative estimate of drug-likeness (QED) is 0.149. The molecule has 0 amide bonds. The van der Waals surface area contributed by atoms with E-state index < -0.39 is 0 Å². The summed E-state index contributed by atoms with van der Waals surface area (Å²) in [5, 5.41) is 6.03. The molecule has 6 aromatic carbocycles. The molecule has 11 rings (SSSR count). The van der Waals surface area contributed by atoms with E-state index in [2.05, 4.69) is 217 Å². The van der Waals surface area contributed by atoms with Gasteiger partial charge in [0.1, 0.15) is 11.9 Å². The fraction of sp³-hybridized carbons (Fsp3) is 0.206. The first-order chi connectivity index (χ1) is 32.6. The van der Waals surface area contributed by atoms with Crippen molar-refractivity contribution in [2.24, 2.45) is 0 Å². The van der Waals surface area contributed by atoms with E-state index in [1.807, 2.05) is 0 Å². The maximum absolute atomic E-state index is 7.08. The van der Waals surface area contributed by atoms with Gasteiger partial charge in [-0.3, -0.25) is 0 Å². The van der Waals surface area contributed by atoms with E-state index in [1.54, 1.807) is 0 Å². The van der Waals surface area contributed by atoms with Gasteiger partial charge in [-0.15, -0.1) is 0 Å². The zero-order valence-corrected chi connectivity index (χ0v) is 40.1. The number of hydrogen-bond donors (Lipinski definition) is 0. The largest absolute Gasteiger partial charge is 0.479 e. The van der Waals surface area contributed by atoms with E-state index in [-0.39, 0.29) is 6.10 Å². The molecule has 0 N–H and O–H groups in total. The van der Waals surface area contributed by atoms with Gasteiger partial charge in [0.2, 0.25) is 0 Å². The van der Waals surface area contributed by atoms with Crippen LogP contribution in [0.3, 0.4) is 0 Å². The third-order valence-electron chi connectivity index (χ3n) is 14.2. The van der Waals surface area contributed by atoms with Gasteiger partial charge >= 0.3 is 0 Å². The summed E-state index contributed by atoms with van der Waals surface area (Å²) in [7, 11) is 0. The first kappa shape index (κ1) is 42.3. The first-order valence-corrected chi connectivity index (χ1v) is 24.0. The number of aryl methyl sites for hydroxylation is 4. The number of benzene rings is 6. The normalized spacial score (nSPS) is 16.8. The van der Waals surface area contributed by atoms with Crippen molar-refractivity contribution in [2.45, 2.75) is 87.2 Å². The number of nitrogens with zero attached hydrogens (tertiary/aromatic N) is 2.